The molecule has 1 aromatic rings. The van der Waals surface area contributed by atoms with E-state index in [1.54, 1.807) is 7.05 Å². The molecule has 2 aliphatic heterocycles. The van der Waals surface area contributed by atoms with Gasteiger partial charge in [-0.3, -0.25) is 14.7 Å². The monoisotopic (exact) mass is 545 g/mol. The SMILES string of the molecule is CN=C(NCc1cccc(OCCN2CCOCC2)c1)N1CCCC(CC(N)=O)C1.I. The number of hydrogen-bond acceptors (Lipinski definition) is 5. The number of amides is 1. The third-order valence-electron chi connectivity index (χ3n) is 5.65. The Morgan fingerprint density at radius 2 is 2.13 bits per heavy atom. The summed E-state index contributed by atoms with van der Waals surface area (Å²) in [6.07, 6.45) is 2.53. The van der Waals surface area contributed by atoms with Crippen molar-refractivity contribution < 1.29 is 14.3 Å². The van der Waals surface area contributed by atoms with E-state index >= 15 is 0 Å². The molecule has 1 unspecified atom stereocenters. The molecule has 31 heavy (non-hydrogen) atoms. The highest BCUT2D eigenvalue weighted by atomic mass is 127. The topological polar surface area (TPSA) is 92.4 Å². The number of nitrogens with one attached hydrogen (secondary N) is 1. The number of aliphatic imine (C=N–C) groups is 1. The highest BCUT2D eigenvalue weighted by molar-refractivity contribution is 14.0. The standard InChI is InChI=1S/C22H35N5O3.HI/c1-24-22(27-7-3-5-19(17-27)15-21(23)28)25-16-18-4-2-6-20(14-18)30-13-10-26-8-11-29-12-9-26;/h2,4,6,14,19H,3,5,7-13,15-17H2,1H3,(H2,23,28)(H,24,25);1H. The molecule has 174 valence electrons. The zero-order valence-corrected chi connectivity index (χ0v) is 20.8. The van der Waals surface area contributed by atoms with E-state index in [2.05, 4.69) is 32.2 Å². The maximum atomic E-state index is 11.3. The van der Waals surface area contributed by atoms with Gasteiger partial charge in [0.05, 0.1) is 13.2 Å². The lowest BCUT2D eigenvalue weighted by Crippen LogP contribution is -2.46. The number of carbonyl (C=O) groups is 1. The molecule has 0 saturated carbocycles. The van der Waals surface area contributed by atoms with Crippen LogP contribution < -0.4 is 15.8 Å². The number of morpholine rings is 1. The van der Waals surface area contributed by atoms with Crippen LogP contribution in [0.1, 0.15) is 24.8 Å². The van der Waals surface area contributed by atoms with Crippen LogP contribution in [0.4, 0.5) is 0 Å². The number of nitrogens with zero attached hydrogens (tertiary/aromatic N) is 3. The van der Waals surface area contributed by atoms with E-state index in [0.717, 1.165) is 76.1 Å². The van der Waals surface area contributed by atoms with Gasteiger partial charge < -0.3 is 25.4 Å². The summed E-state index contributed by atoms with van der Waals surface area (Å²) in [6, 6.07) is 8.18. The Morgan fingerprint density at radius 3 is 2.87 bits per heavy atom. The third kappa shape index (κ3) is 8.82. The number of primary amides is 1. The summed E-state index contributed by atoms with van der Waals surface area (Å²) < 4.78 is 11.3. The fourth-order valence-electron chi connectivity index (χ4n) is 4.08. The molecule has 3 rings (SSSR count). The predicted octanol–water partition coefficient (Wildman–Crippen LogP) is 1.68. The summed E-state index contributed by atoms with van der Waals surface area (Å²) in [6.45, 7) is 7.59. The van der Waals surface area contributed by atoms with Gasteiger partial charge in [0.1, 0.15) is 12.4 Å². The molecule has 0 bridgehead atoms. The zero-order chi connectivity index (χ0) is 21.2. The van der Waals surface area contributed by atoms with Gasteiger partial charge in [0.2, 0.25) is 5.91 Å². The summed E-state index contributed by atoms with van der Waals surface area (Å²) in [4.78, 5) is 20.3. The Bertz CT molecular complexity index is 712. The highest BCUT2D eigenvalue weighted by Crippen LogP contribution is 2.19. The van der Waals surface area contributed by atoms with Crippen molar-refractivity contribution in [3.63, 3.8) is 0 Å². The van der Waals surface area contributed by atoms with E-state index in [0.29, 0.717) is 25.5 Å². The molecule has 8 nitrogen and oxygen atoms in total. The lowest BCUT2D eigenvalue weighted by molar-refractivity contribution is -0.119. The second-order valence-electron chi connectivity index (χ2n) is 7.98. The summed E-state index contributed by atoms with van der Waals surface area (Å²) in [5.74, 6) is 1.83. The van der Waals surface area contributed by atoms with Crippen LogP contribution >= 0.6 is 24.0 Å². The molecular formula is C22H36IN5O3. The molecule has 0 radical (unpaired) electrons. The molecule has 0 aliphatic carbocycles. The number of carbonyl (C=O) groups excluding carboxylic acids is 1. The lowest BCUT2D eigenvalue weighted by atomic mass is 9.95. The number of ether oxygens (including phenoxy) is 2. The maximum Gasteiger partial charge on any atom is 0.217 e. The molecule has 0 aromatic heterocycles. The number of piperidine rings is 1. The van der Waals surface area contributed by atoms with Crippen LogP contribution in [-0.4, -0.2) is 81.3 Å². The van der Waals surface area contributed by atoms with Crippen molar-refractivity contribution in [2.75, 3.05) is 59.6 Å². The third-order valence-corrected chi connectivity index (χ3v) is 5.65. The maximum absolute atomic E-state index is 11.3. The smallest absolute Gasteiger partial charge is 0.217 e. The largest absolute Gasteiger partial charge is 0.492 e. The first kappa shape index (κ1) is 25.7. The number of halogens is 1. The van der Waals surface area contributed by atoms with Crippen LogP contribution in [0.3, 0.4) is 0 Å². The summed E-state index contributed by atoms with van der Waals surface area (Å²) in [7, 11) is 1.80. The van der Waals surface area contributed by atoms with Crippen LogP contribution in [0, 0.1) is 5.92 Å². The summed E-state index contributed by atoms with van der Waals surface area (Å²) in [5, 5.41) is 3.45. The van der Waals surface area contributed by atoms with Crippen molar-refractivity contribution in [1.82, 2.24) is 15.1 Å². The van der Waals surface area contributed by atoms with Crippen molar-refractivity contribution >= 4 is 35.8 Å². The quantitative estimate of drug-likeness (QED) is 0.294. The second-order valence-corrected chi connectivity index (χ2v) is 7.98. The minimum Gasteiger partial charge on any atom is -0.492 e. The lowest BCUT2D eigenvalue weighted by Gasteiger charge is -2.34. The average Bonchev–Trinajstić information content (AvgIpc) is 2.75. The highest BCUT2D eigenvalue weighted by Gasteiger charge is 2.23. The van der Waals surface area contributed by atoms with E-state index in [9.17, 15) is 4.79 Å². The van der Waals surface area contributed by atoms with Crippen LogP contribution in [0.25, 0.3) is 0 Å². The van der Waals surface area contributed by atoms with Crippen molar-refractivity contribution in [2.45, 2.75) is 25.8 Å². The molecule has 9 heteroatoms. The van der Waals surface area contributed by atoms with Crippen LogP contribution in [0.2, 0.25) is 0 Å². The molecular weight excluding hydrogens is 509 g/mol. The first-order valence-corrected chi connectivity index (χ1v) is 10.9. The number of hydrogen-bond donors (Lipinski definition) is 2. The van der Waals surface area contributed by atoms with Gasteiger partial charge in [0, 0.05) is 52.7 Å². The summed E-state index contributed by atoms with van der Waals surface area (Å²) >= 11 is 0. The minimum atomic E-state index is -0.227. The van der Waals surface area contributed by atoms with Gasteiger partial charge in [0.25, 0.3) is 0 Å². The predicted molar refractivity (Wildman–Crippen MR) is 133 cm³/mol. The Balaban J connectivity index is 0.00000341. The van der Waals surface area contributed by atoms with Crippen molar-refractivity contribution in [2.24, 2.45) is 16.6 Å². The van der Waals surface area contributed by atoms with Gasteiger partial charge >= 0.3 is 0 Å². The normalized spacial score (nSPS) is 20.1. The van der Waals surface area contributed by atoms with Crippen molar-refractivity contribution in [3.05, 3.63) is 29.8 Å². The molecule has 1 amide bonds. The molecule has 3 N–H and O–H groups in total. The first-order valence-electron chi connectivity index (χ1n) is 10.9. The second kappa shape index (κ2) is 13.7. The van der Waals surface area contributed by atoms with E-state index in [4.69, 9.17) is 15.2 Å². The molecule has 1 atom stereocenters. The van der Waals surface area contributed by atoms with Crippen LogP contribution in [-0.2, 0) is 16.1 Å². The Labute approximate surface area is 202 Å². The number of nitrogens with two attached hydrogens (primary N) is 1. The van der Waals surface area contributed by atoms with Gasteiger partial charge in [-0.05, 0) is 36.5 Å². The Morgan fingerprint density at radius 1 is 1.32 bits per heavy atom. The van der Waals surface area contributed by atoms with Crippen LogP contribution in [0.15, 0.2) is 29.3 Å². The molecule has 2 heterocycles. The number of likely N-dealkylation sites (tertiary alicyclic amines) is 1. The molecule has 1 aromatic carbocycles. The Kier molecular flexibility index (Phi) is 11.4. The van der Waals surface area contributed by atoms with Crippen molar-refractivity contribution in [1.29, 1.82) is 0 Å². The summed E-state index contributed by atoms with van der Waals surface area (Å²) in [5.41, 5.74) is 6.52. The van der Waals surface area contributed by atoms with E-state index in [-0.39, 0.29) is 29.9 Å². The van der Waals surface area contributed by atoms with E-state index in [1.807, 2.05) is 12.1 Å². The van der Waals surface area contributed by atoms with Crippen LogP contribution in [0.5, 0.6) is 5.75 Å². The minimum absolute atomic E-state index is 0. The number of guanidine groups is 1. The molecule has 2 saturated heterocycles. The fraction of sp³-hybridized carbons (Fsp3) is 0.636. The van der Waals surface area contributed by atoms with Crippen molar-refractivity contribution in [3.8, 4) is 5.75 Å². The Hall–Kier alpha value is -1.59. The van der Waals surface area contributed by atoms with E-state index in [1.165, 1.54) is 0 Å². The number of rotatable bonds is 8. The van der Waals surface area contributed by atoms with Gasteiger partial charge in [0.15, 0.2) is 5.96 Å². The first-order chi connectivity index (χ1) is 14.6. The van der Waals surface area contributed by atoms with Gasteiger partial charge in [-0.2, -0.15) is 0 Å². The average molecular weight is 545 g/mol. The molecule has 2 fully saturated rings. The van der Waals surface area contributed by atoms with Gasteiger partial charge in [-0.25, -0.2) is 0 Å². The van der Waals surface area contributed by atoms with Gasteiger partial charge in [-0.15, -0.1) is 24.0 Å². The van der Waals surface area contributed by atoms with E-state index < -0.39 is 0 Å². The van der Waals surface area contributed by atoms with Gasteiger partial charge in [-0.1, -0.05) is 12.1 Å². The fourth-order valence-corrected chi connectivity index (χ4v) is 4.08. The zero-order valence-electron chi connectivity index (χ0n) is 18.4. The molecule has 2 aliphatic rings. The number of benzene rings is 1. The molecule has 0 spiro atoms.